The van der Waals surface area contributed by atoms with Crippen LogP contribution in [0, 0.1) is 6.92 Å². The highest BCUT2D eigenvalue weighted by molar-refractivity contribution is 5.56. The van der Waals surface area contributed by atoms with Gasteiger partial charge in [0.25, 0.3) is 0 Å². The molecule has 1 unspecified atom stereocenters. The summed E-state index contributed by atoms with van der Waals surface area (Å²) in [6, 6.07) is 6.03. The van der Waals surface area contributed by atoms with Crippen molar-refractivity contribution in [2.45, 2.75) is 64.9 Å². The topological polar surface area (TPSA) is 15.3 Å². The molecule has 1 aliphatic heterocycles. The highest BCUT2D eigenvalue weighted by Gasteiger charge is 2.42. The molecule has 18 heavy (non-hydrogen) atoms. The molecule has 1 aromatic rings. The van der Waals surface area contributed by atoms with Crippen LogP contribution >= 0.6 is 0 Å². The molecule has 1 atom stereocenters. The van der Waals surface area contributed by atoms with E-state index in [1.54, 1.807) is 19.1 Å². The van der Waals surface area contributed by atoms with E-state index in [-0.39, 0.29) is 5.69 Å². The second-order valence-electron chi connectivity index (χ2n) is 4.56. The zero-order valence-corrected chi connectivity index (χ0v) is 10.3. The first-order valence-electron chi connectivity index (χ1n) is 12.6. The summed E-state index contributed by atoms with van der Waals surface area (Å²) in [6.07, 6.45) is -5.34. The second-order valence-corrected chi connectivity index (χ2v) is 4.56. The van der Waals surface area contributed by atoms with E-state index in [4.69, 9.17) is 19.2 Å². The number of nitrogens with one attached hydrogen (secondary N) is 1. The highest BCUT2D eigenvalue weighted by atomic mass is 15.4. The molecule has 1 aliphatic rings. The van der Waals surface area contributed by atoms with Crippen LogP contribution in [0.25, 0.3) is 0 Å². The van der Waals surface area contributed by atoms with Gasteiger partial charge in [-0.3, -0.25) is 5.32 Å². The lowest BCUT2D eigenvalue weighted by molar-refractivity contribution is 0.182. The molecular weight excluding hydrogens is 220 g/mol. The zero-order valence-electron chi connectivity index (χ0n) is 24.3. The van der Waals surface area contributed by atoms with Crippen molar-refractivity contribution in [3.05, 3.63) is 29.8 Å². The van der Waals surface area contributed by atoms with Crippen molar-refractivity contribution >= 4 is 5.69 Å². The smallest absolute Gasteiger partial charge is 0.0776 e. The van der Waals surface area contributed by atoms with Crippen molar-refractivity contribution in [1.29, 1.82) is 0 Å². The first-order chi connectivity index (χ1) is 14.0. The fourth-order valence-electron chi connectivity index (χ4n) is 2.26. The Hall–Kier alpha value is -1.02. The van der Waals surface area contributed by atoms with Gasteiger partial charge in [0, 0.05) is 36.0 Å². The summed E-state index contributed by atoms with van der Waals surface area (Å²) in [5.74, 6) is 0. The number of anilines is 1. The van der Waals surface area contributed by atoms with Crippen LogP contribution < -0.4 is 10.2 Å². The van der Waals surface area contributed by atoms with E-state index in [9.17, 15) is 0 Å². The van der Waals surface area contributed by atoms with E-state index in [0.717, 1.165) is 4.90 Å². The van der Waals surface area contributed by atoms with Crippen LogP contribution in [-0.2, 0) is 0 Å². The second kappa shape index (κ2) is 4.27. The van der Waals surface area contributed by atoms with Crippen molar-refractivity contribution in [2.75, 3.05) is 4.90 Å². The van der Waals surface area contributed by atoms with Crippen molar-refractivity contribution in [2.24, 2.45) is 0 Å². The Morgan fingerprint density at radius 1 is 1.33 bits per heavy atom. The zero-order chi connectivity index (χ0) is 25.3. The van der Waals surface area contributed by atoms with Crippen molar-refractivity contribution in [1.82, 2.24) is 5.32 Å². The molecule has 1 fully saturated rings. The van der Waals surface area contributed by atoms with E-state index >= 15 is 0 Å². The lowest BCUT2D eigenvalue weighted by atomic mass is 9.81. The molecule has 2 heteroatoms. The summed E-state index contributed by atoms with van der Waals surface area (Å²) in [4.78, 5) is 0.776. The van der Waals surface area contributed by atoms with Crippen LogP contribution in [0.15, 0.2) is 24.3 Å². The van der Waals surface area contributed by atoms with Crippen LogP contribution in [0.4, 0.5) is 5.69 Å². The van der Waals surface area contributed by atoms with Crippen molar-refractivity contribution in [3.63, 3.8) is 0 Å². The number of hydrogen-bond donors (Lipinski definition) is 1. The van der Waals surface area contributed by atoms with E-state index in [0.29, 0.717) is 5.56 Å². The summed E-state index contributed by atoms with van der Waals surface area (Å²) in [5.41, 5.74) is -6.63. The minimum absolute atomic E-state index is 0.0216. The summed E-state index contributed by atoms with van der Waals surface area (Å²) in [6.45, 7) is -11.9. The van der Waals surface area contributed by atoms with E-state index in [2.05, 4.69) is 5.32 Å². The maximum absolute atomic E-state index is 8.82. The van der Waals surface area contributed by atoms with Crippen molar-refractivity contribution in [3.8, 4) is 0 Å². The standard InChI is InChI=1S/C16H26N2/c1-12-9-7-8-10-14(12)18-13(2)17-15(3,4)11-16(18,5)6/h7-10,13,17H,11H2,1-6H3/i3D3,4D3,5D3,6D3,11D2. The Balaban J connectivity index is 3.19. The van der Waals surface area contributed by atoms with Crippen LogP contribution in [0.3, 0.4) is 0 Å². The van der Waals surface area contributed by atoms with E-state index in [1.165, 1.54) is 19.1 Å². The molecule has 2 nitrogen and oxygen atoms in total. The summed E-state index contributed by atoms with van der Waals surface area (Å²) >= 11 is 0. The molecule has 1 aromatic carbocycles. The molecule has 0 aromatic heterocycles. The van der Waals surface area contributed by atoms with Gasteiger partial charge in [-0.2, -0.15) is 0 Å². The van der Waals surface area contributed by atoms with Gasteiger partial charge in [-0.15, -0.1) is 0 Å². The summed E-state index contributed by atoms with van der Waals surface area (Å²) in [7, 11) is 0. The third kappa shape index (κ3) is 2.39. The molecule has 0 saturated carbocycles. The van der Waals surface area contributed by atoms with Gasteiger partial charge in [0.05, 0.1) is 6.17 Å². The van der Waals surface area contributed by atoms with Gasteiger partial charge in [0.1, 0.15) is 0 Å². The lowest BCUT2D eigenvalue weighted by Gasteiger charge is -2.55. The Bertz CT molecular complexity index is 820. The molecule has 0 spiro atoms. The average Bonchev–Trinajstić information content (AvgIpc) is 2.51. The quantitative estimate of drug-likeness (QED) is 0.828. The lowest BCUT2D eigenvalue weighted by Crippen LogP contribution is -2.67. The van der Waals surface area contributed by atoms with Gasteiger partial charge in [-0.1, -0.05) is 18.2 Å². The van der Waals surface area contributed by atoms with Gasteiger partial charge in [0.15, 0.2) is 0 Å². The monoisotopic (exact) mass is 260 g/mol. The first kappa shape index (κ1) is 4.24. The molecule has 2 rings (SSSR count). The van der Waals surface area contributed by atoms with Gasteiger partial charge in [0.2, 0.25) is 0 Å². The maximum atomic E-state index is 8.82. The van der Waals surface area contributed by atoms with Crippen LogP contribution in [0.1, 0.15) is 65.5 Å². The molecule has 100 valence electrons. The van der Waals surface area contributed by atoms with Crippen LogP contribution in [0.5, 0.6) is 0 Å². The van der Waals surface area contributed by atoms with Gasteiger partial charge < -0.3 is 4.90 Å². The number of hydrogen-bond acceptors (Lipinski definition) is 2. The number of nitrogens with zero attached hydrogens (tertiary/aromatic N) is 1. The molecule has 0 bridgehead atoms. The maximum Gasteiger partial charge on any atom is 0.0776 e. The number of benzene rings is 1. The minimum Gasteiger partial charge on any atom is -0.351 e. The SMILES string of the molecule is [2H]C([2H])([2H])C1(C([2H])([2H])[2H])NC(C)N(c2ccccc2C)C(C([2H])([2H])[2H])(C([2H])([2H])[2H])C1([2H])[2H]. The minimum atomic E-state index is -3.85. The molecule has 0 radical (unpaired) electrons. The predicted molar refractivity (Wildman–Crippen MR) is 79.0 cm³/mol. The van der Waals surface area contributed by atoms with E-state index < -0.39 is 51.0 Å². The highest BCUT2D eigenvalue weighted by Crippen LogP contribution is 2.37. The molecular formula is C16H26N2. The normalized spacial score (nSPS) is 43.2. The Labute approximate surface area is 131 Å². The Kier molecular flexibility index (Phi) is 1.01. The van der Waals surface area contributed by atoms with Gasteiger partial charge in [-0.05, 0) is 59.3 Å². The summed E-state index contributed by atoms with van der Waals surface area (Å²) < 4.78 is 115. The Morgan fingerprint density at radius 2 is 2.06 bits per heavy atom. The van der Waals surface area contributed by atoms with Crippen molar-refractivity contribution < 1.29 is 19.2 Å². The number of para-hydroxylation sites is 1. The first-order valence-corrected chi connectivity index (χ1v) is 5.65. The summed E-state index contributed by atoms with van der Waals surface area (Å²) in [5, 5.41) is 2.30. The molecule has 1 heterocycles. The number of rotatable bonds is 1. The average molecular weight is 260 g/mol. The largest absolute Gasteiger partial charge is 0.351 e. The molecule has 1 N–H and O–H groups in total. The molecule has 1 saturated heterocycles. The number of aryl methyl sites for hydroxylation is 1. The van der Waals surface area contributed by atoms with Crippen LogP contribution in [-0.4, -0.2) is 17.2 Å². The third-order valence-electron chi connectivity index (χ3n) is 2.92. The van der Waals surface area contributed by atoms with Gasteiger partial charge in [-0.25, -0.2) is 0 Å². The Morgan fingerprint density at radius 3 is 2.67 bits per heavy atom. The third-order valence-corrected chi connectivity index (χ3v) is 2.92. The van der Waals surface area contributed by atoms with E-state index in [1.807, 2.05) is 0 Å². The fourth-order valence-corrected chi connectivity index (χ4v) is 2.26. The fraction of sp³-hybridized carbons (Fsp3) is 0.625. The molecule has 0 aliphatic carbocycles. The predicted octanol–water partition coefficient (Wildman–Crippen LogP) is 3.70. The van der Waals surface area contributed by atoms with Gasteiger partial charge >= 0.3 is 0 Å². The molecule has 0 amide bonds. The van der Waals surface area contributed by atoms with Crippen LogP contribution in [0.2, 0.25) is 0 Å².